The molecule has 21 heavy (non-hydrogen) atoms. The third-order valence-electron chi connectivity index (χ3n) is 3.03. The van der Waals surface area contributed by atoms with E-state index in [-0.39, 0.29) is 18.1 Å². The van der Waals surface area contributed by atoms with E-state index in [1.54, 1.807) is 25.2 Å². The van der Waals surface area contributed by atoms with Crippen LogP contribution in [-0.2, 0) is 6.54 Å². The molecule has 0 heterocycles. The summed E-state index contributed by atoms with van der Waals surface area (Å²) in [7, 11) is 1.54. The lowest BCUT2D eigenvalue weighted by atomic mass is 10.1. The molecule has 0 N–H and O–H groups in total. The van der Waals surface area contributed by atoms with Gasteiger partial charge < -0.3 is 4.90 Å². The average Bonchev–Trinajstić information content (AvgIpc) is 2.47. The largest absolute Gasteiger partial charge is 0.337 e. The maximum atomic E-state index is 12.8. The summed E-state index contributed by atoms with van der Waals surface area (Å²) in [6, 6.07) is 11.4. The summed E-state index contributed by atoms with van der Waals surface area (Å²) >= 11 is 0. The highest BCUT2D eigenvalue weighted by molar-refractivity contribution is 5.94. The molecule has 0 saturated heterocycles. The van der Waals surface area contributed by atoms with Gasteiger partial charge in [0.05, 0.1) is 11.5 Å². The second-order valence-electron chi connectivity index (χ2n) is 4.55. The molecule has 0 unspecified atom stereocenters. The Bertz CT molecular complexity index is 671. The number of nitro groups is 1. The number of hydrogen-bond acceptors (Lipinski definition) is 3. The number of para-hydroxylation sites is 1. The number of carbonyl (C=O) groups excluding carboxylic acids is 1. The van der Waals surface area contributed by atoms with Crippen LogP contribution >= 0.6 is 0 Å². The lowest BCUT2D eigenvalue weighted by Crippen LogP contribution is -2.26. The number of benzene rings is 2. The van der Waals surface area contributed by atoms with Gasteiger partial charge in [0.2, 0.25) is 0 Å². The Morgan fingerprint density at radius 1 is 1.19 bits per heavy atom. The second kappa shape index (κ2) is 6.13. The second-order valence-corrected chi connectivity index (χ2v) is 4.55. The fourth-order valence-electron chi connectivity index (χ4n) is 1.96. The van der Waals surface area contributed by atoms with Crippen molar-refractivity contribution >= 4 is 11.6 Å². The predicted octanol–water partition coefficient (Wildman–Crippen LogP) is 3.01. The van der Waals surface area contributed by atoms with Gasteiger partial charge in [-0.15, -0.1) is 0 Å². The van der Waals surface area contributed by atoms with Gasteiger partial charge in [-0.2, -0.15) is 0 Å². The van der Waals surface area contributed by atoms with Crippen molar-refractivity contribution in [3.05, 3.63) is 75.6 Å². The van der Waals surface area contributed by atoms with Gasteiger partial charge in [0.25, 0.3) is 11.6 Å². The summed E-state index contributed by atoms with van der Waals surface area (Å²) < 4.78 is 12.8. The molecule has 2 aromatic carbocycles. The first kappa shape index (κ1) is 14.6. The summed E-state index contributed by atoms with van der Waals surface area (Å²) in [6.07, 6.45) is 0. The van der Waals surface area contributed by atoms with Crippen LogP contribution in [-0.4, -0.2) is 22.8 Å². The van der Waals surface area contributed by atoms with Crippen molar-refractivity contribution in [2.45, 2.75) is 6.54 Å². The smallest absolute Gasteiger partial charge is 0.274 e. The van der Waals surface area contributed by atoms with Gasteiger partial charge in [-0.25, -0.2) is 4.39 Å². The van der Waals surface area contributed by atoms with Crippen molar-refractivity contribution in [1.82, 2.24) is 4.90 Å². The van der Waals surface area contributed by atoms with Gasteiger partial charge in [-0.1, -0.05) is 18.2 Å². The molecule has 6 heteroatoms. The van der Waals surface area contributed by atoms with E-state index in [1.807, 2.05) is 0 Å². The highest BCUT2D eigenvalue weighted by Gasteiger charge is 2.17. The maximum absolute atomic E-state index is 12.8. The SMILES string of the molecule is CN(Cc1ccccc1[N+](=O)[O-])C(=O)c1ccc(F)cc1. The van der Waals surface area contributed by atoms with E-state index < -0.39 is 10.7 Å². The summed E-state index contributed by atoms with van der Waals surface area (Å²) in [6.45, 7) is 0.105. The number of amides is 1. The van der Waals surface area contributed by atoms with Gasteiger partial charge in [-0.3, -0.25) is 14.9 Å². The molecule has 0 aliphatic rings. The van der Waals surface area contributed by atoms with Crippen LogP contribution in [0.15, 0.2) is 48.5 Å². The molecular weight excluding hydrogens is 275 g/mol. The van der Waals surface area contributed by atoms with Gasteiger partial charge in [-0.05, 0) is 24.3 Å². The monoisotopic (exact) mass is 288 g/mol. The zero-order chi connectivity index (χ0) is 15.4. The van der Waals surface area contributed by atoms with E-state index in [2.05, 4.69) is 0 Å². The lowest BCUT2D eigenvalue weighted by molar-refractivity contribution is -0.385. The highest BCUT2D eigenvalue weighted by atomic mass is 19.1. The van der Waals surface area contributed by atoms with Gasteiger partial charge in [0, 0.05) is 24.2 Å². The Kier molecular flexibility index (Phi) is 4.27. The van der Waals surface area contributed by atoms with Crippen LogP contribution in [0.4, 0.5) is 10.1 Å². The number of nitro benzene ring substituents is 1. The molecule has 0 saturated carbocycles. The maximum Gasteiger partial charge on any atom is 0.274 e. The average molecular weight is 288 g/mol. The van der Waals surface area contributed by atoms with Crippen molar-refractivity contribution < 1.29 is 14.1 Å². The van der Waals surface area contributed by atoms with Crippen LogP contribution in [0.2, 0.25) is 0 Å². The fraction of sp³-hybridized carbons (Fsp3) is 0.133. The van der Waals surface area contributed by atoms with Crippen molar-refractivity contribution in [3.63, 3.8) is 0 Å². The number of carbonyl (C=O) groups is 1. The first-order chi connectivity index (χ1) is 9.99. The van der Waals surface area contributed by atoms with Crippen LogP contribution in [0.5, 0.6) is 0 Å². The molecule has 5 nitrogen and oxygen atoms in total. The van der Waals surface area contributed by atoms with Crippen molar-refractivity contribution in [2.24, 2.45) is 0 Å². The molecule has 2 rings (SSSR count). The van der Waals surface area contributed by atoms with E-state index in [4.69, 9.17) is 0 Å². The molecule has 0 aliphatic heterocycles. The van der Waals surface area contributed by atoms with E-state index >= 15 is 0 Å². The molecule has 0 bridgehead atoms. The van der Waals surface area contributed by atoms with E-state index in [0.29, 0.717) is 11.1 Å². The zero-order valence-corrected chi connectivity index (χ0v) is 11.3. The quantitative estimate of drug-likeness (QED) is 0.641. The third-order valence-corrected chi connectivity index (χ3v) is 3.03. The van der Waals surface area contributed by atoms with Crippen LogP contribution in [0.25, 0.3) is 0 Å². The number of nitrogens with zero attached hydrogens (tertiary/aromatic N) is 2. The first-order valence-corrected chi connectivity index (χ1v) is 6.22. The summed E-state index contributed by atoms with van der Waals surface area (Å²) in [5, 5.41) is 10.9. The zero-order valence-electron chi connectivity index (χ0n) is 11.3. The Balaban J connectivity index is 2.18. The summed E-state index contributed by atoms with van der Waals surface area (Å²) in [4.78, 5) is 24.0. The van der Waals surface area contributed by atoms with Gasteiger partial charge >= 0.3 is 0 Å². The fourth-order valence-corrected chi connectivity index (χ4v) is 1.96. The number of hydrogen-bond donors (Lipinski definition) is 0. The van der Waals surface area contributed by atoms with E-state index in [1.165, 1.54) is 35.2 Å². The van der Waals surface area contributed by atoms with Crippen LogP contribution in [0.1, 0.15) is 15.9 Å². The first-order valence-electron chi connectivity index (χ1n) is 6.22. The molecule has 1 amide bonds. The van der Waals surface area contributed by atoms with Crippen molar-refractivity contribution in [3.8, 4) is 0 Å². The number of halogens is 1. The van der Waals surface area contributed by atoms with Crippen LogP contribution in [0.3, 0.4) is 0 Å². The van der Waals surface area contributed by atoms with E-state index in [0.717, 1.165) is 0 Å². The molecule has 0 aromatic heterocycles. The lowest BCUT2D eigenvalue weighted by Gasteiger charge is -2.17. The predicted molar refractivity (Wildman–Crippen MR) is 75.3 cm³/mol. The minimum Gasteiger partial charge on any atom is -0.337 e. The molecule has 0 atom stereocenters. The normalized spacial score (nSPS) is 10.2. The van der Waals surface area contributed by atoms with Gasteiger partial charge in [0.1, 0.15) is 5.82 Å². The minimum absolute atomic E-state index is 0.0312. The third kappa shape index (κ3) is 3.42. The van der Waals surface area contributed by atoms with Crippen LogP contribution in [0, 0.1) is 15.9 Å². The molecule has 0 fully saturated rings. The molecule has 108 valence electrons. The molecule has 0 radical (unpaired) electrons. The van der Waals surface area contributed by atoms with E-state index in [9.17, 15) is 19.3 Å². The number of rotatable bonds is 4. The summed E-state index contributed by atoms with van der Waals surface area (Å²) in [5.41, 5.74) is 0.745. The van der Waals surface area contributed by atoms with Crippen molar-refractivity contribution in [2.75, 3.05) is 7.05 Å². The Hall–Kier alpha value is -2.76. The van der Waals surface area contributed by atoms with Gasteiger partial charge in [0.15, 0.2) is 0 Å². The highest BCUT2D eigenvalue weighted by Crippen LogP contribution is 2.19. The Morgan fingerprint density at radius 3 is 2.43 bits per heavy atom. The van der Waals surface area contributed by atoms with Crippen molar-refractivity contribution in [1.29, 1.82) is 0 Å². The Morgan fingerprint density at radius 2 is 1.81 bits per heavy atom. The standard InChI is InChI=1S/C15H13FN2O3/c1-17(15(19)11-6-8-13(16)9-7-11)10-12-4-2-3-5-14(12)18(20)21/h2-9H,10H2,1H3. The topological polar surface area (TPSA) is 63.4 Å². The molecule has 0 aliphatic carbocycles. The molecule has 0 spiro atoms. The molecular formula is C15H13FN2O3. The van der Waals surface area contributed by atoms with Crippen LogP contribution < -0.4 is 0 Å². The molecule has 2 aromatic rings. The summed E-state index contributed by atoms with van der Waals surface area (Å²) in [5.74, 6) is -0.749. The Labute approximate surface area is 120 Å². The minimum atomic E-state index is -0.481.